The molecule has 0 aliphatic heterocycles. The molecule has 0 unspecified atom stereocenters. The van der Waals surface area contributed by atoms with Gasteiger partial charge in [0.05, 0.1) is 12.8 Å². The Morgan fingerprint density at radius 1 is 1.16 bits per heavy atom. The third-order valence-corrected chi connectivity index (χ3v) is 4.78. The first-order chi connectivity index (χ1) is 12.1. The highest BCUT2D eigenvalue weighted by Gasteiger charge is 2.10. The standard InChI is InChI=1S/C19H16ClNO3S/c1-12(22)14-5-8-17(18(9-14)23-2)24-10-16-11-25-19(21-16)13-3-6-15(20)7-4-13/h3-9,11H,10H2,1-2H3. The van der Waals surface area contributed by atoms with Crippen LogP contribution in [0.3, 0.4) is 0 Å². The van der Waals surface area contributed by atoms with Gasteiger partial charge in [-0.05, 0) is 37.3 Å². The van der Waals surface area contributed by atoms with Crippen molar-refractivity contribution in [3.8, 4) is 22.1 Å². The Hall–Kier alpha value is -2.37. The van der Waals surface area contributed by atoms with Crippen molar-refractivity contribution in [3.05, 3.63) is 64.1 Å². The van der Waals surface area contributed by atoms with E-state index in [4.69, 9.17) is 21.1 Å². The maximum atomic E-state index is 11.4. The van der Waals surface area contributed by atoms with Gasteiger partial charge in [-0.2, -0.15) is 0 Å². The normalized spacial score (nSPS) is 10.5. The van der Waals surface area contributed by atoms with Gasteiger partial charge in [0, 0.05) is 21.5 Å². The van der Waals surface area contributed by atoms with Crippen LogP contribution in [0.4, 0.5) is 0 Å². The first kappa shape index (κ1) is 17.5. The summed E-state index contributed by atoms with van der Waals surface area (Å²) in [7, 11) is 1.55. The second kappa shape index (κ2) is 7.68. The molecule has 0 N–H and O–H groups in total. The second-order valence-corrected chi connectivity index (χ2v) is 6.66. The Morgan fingerprint density at radius 3 is 2.60 bits per heavy atom. The molecule has 6 heteroatoms. The first-order valence-corrected chi connectivity index (χ1v) is 8.84. The van der Waals surface area contributed by atoms with Crippen LogP contribution in [0.5, 0.6) is 11.5 Å². The van der Waals surface area contributed by atoms with E-state index >= 15 is 0 Å². The summed E-state index contributed by atoms with van der Waals surface area (Å²) in [6.45, 7) is 1.84. The van der Waals surface area contributed by atoms with Crippen LogP contribution in [-0.4, -0.2) is 17.9 Å². The molecule has 3 rings (SSSR count). The van der Waals surface area contributed by atoms with Crippen LogP contribution in [0.2, 0.25) is 5.02 Å². The van der Waals surface area contributed by atoms with Crippen LogP contribution in [0.15, 0.2) is 47.8 Å². The van der Waals surface area contributed by atoms with Crippen molar-refractivity contribution in [1.82, 2.24) is 4.98 Å². The second-order valence-electron chi connectivity index (χ2n) is 5.36. The summed E-state index contributed by atoms with van der Waals surface area (Å²) in [5.41, 5.74) is 2.43. The molecule has 2 aromatic carbocycles. The fraction of sp³-hybridized carbons (Fsp3) is 0.158. The van der Waals surface area contributed by atoms with E-state index in [-0.39, 0.29) is 5.78 Å². The predicted octanol–water partition coefficient (Wildman–Crippen LogP) is 5.25. The fourth-order valence-electron chi connectivity index (χ4n) is 2.26. The van der Waals surface area contributed by atoms with Gasteiger partial charge in [-0.3, -0.25) is 4.79 Å². The minimum Gasteiger partial charge on any atom is -0.493 e. The highest BCUT2D eigenvalue weighted by molar-refractivity contribution is 7.13. The average molecular weight is 374 g/mol. The van der Waals surface area contributed by atoms with Crippen molar-refractivity contribution in [3.63, 3.8) is 0 Å². The zero-order valence-electron chi connectivity index (χ0n) is 13.8. The van der Waals surface area contributed by atoms with Crippen molar-refractivity contribution >= 4 is 28.7 Å². The largest absolute Gasteiger partial charge is 0.493 e. The van der Waals surface area contributed by atoms with Gasteiger partial charge in [0.2, 0.25) is 0 Å². The number of halogens is 1. The molecule has 0 fully saturated rings. The van der Waals surface area contributed by atoms with Crippen LogP contribution in [0.25, 0.3) is 10.6 Å². The van der Waals surface area contributed by atoms with Crippen molar-refractivity contribution in [2.45, 2.75) is 13.5 Å². The SMILES string of the molecule is COc1cc(C(C)=O)ccc1OCc1csc(-c2ccc(Cl)cc2)n1. The number of carbonyl (C=O) groups excluding carboxylic acids is 1. The van der Waals surface area contributed by atoms with E-state index < -0.39 is 0 Å². The number of ether oxygens (including phenoxy) is 2. The third-order valence-electron chi connectivity index (χ3n) is 3.59. The quantitative estimate of drug-likeness (QED) is 0.553. The summed E-state index contributed by atoms with van der Waals surface area (Å²) in [6.07, 6.45) is 0. The zero-order chi connectivity index (χ0) is 17.8. The molecule has 0 amide bonds. The number of methoxy groups -OCH3 is 1. The Kier molecular flexibility index (Phi) is 5.36. The molecule has 0 atom stereocenters. The number of nitrogens with zero attached hydrogens (tertiary/aromatic N) is 1. The van der Waals surface area contributed by atoms with Gasteiger partial charge < -0.3 is 9.47 Å². The number of rotatable bonds is 6. The maximum absolute atomic E-state index is 11.4. The molecule has 3 aromatic rings. The number of Topliss-reactive ketones (excluding diaryl/α,β-unsaturated/α-hetero) is 1. The molecule has 128 valence electrons. The van der Waals surface area contributed by atoms with E-state index in [0.29, 0.717) is 28.7 Å². The Bertz CT molecular complexity index is 890. The average Bonchev–Trinajstić information content (AvgIpc) is 3.09. The van der Waals surface area contributed by atoms with Gasteiger partial charge >= 0.3 is 0 Å². The van der Waals surface area contributed by atoms with Gasteiger partial charge in [-0.25, -0.2) is 4.98 Å². The minimum absolute atomic E-state index is 0.0167. The Balaban J connectivity index is 1.72. The highest BCUT2D eigenvalue weighted by atomic mass is 35.5. The first-order valence-electron chi connectivity index (χ1n) is 7.59. The van der Waals surface area contributed by atoms with E-state index in [1.165, 1.54) is 6.92 Å². The lowest BCUT2D eigenvalue weighted by Gasteiger charge is -2.10. The van der Waals surface area contributed by atoms with E-state index in [9.17, 15) is 4.79 Å². The lowest BCUT2D eigenvalue weighted by atomic mass is 10.1. The zero-order valence-corrected chi connectivity index (χ0v) is 15.4. The molecule has 4 nitrogen and oxygen atoms in total. The Morgan fingerprint density at radius 2 is 1.92 bits per heavy atom. The van der Waals surface area contributed by atoms with Crippen molar-refractivity contribution < 1.29 is 14.3 Å². The van der Waals surface area contributed by atoms with Crippen molar-refractivity contribution in [2.24, 2.45) is 0 Å². The van der Waals surface area contributed by atoms with E-state index in [2.05, 4.69) is 4.98 Å². The summed E-state index contributed by atoms with van der Waals surface area (Å²) < 4.78 is 11.1. The van der Waals surface area contributed by atoms with Gasteiger partial charge in [-0.15, -0.1) is 11.3 Å². The number of hydrogen-bond donors (Lipinski definition) is 0. The van der Waals surface area contributed by atoms with Gasteiger partial charge in [0.25, 0.3) is 0 Å². The number of carbonyl (C=O) groups is 1. The smallest absolute Gasteiger partial charge is 0.161 e. The van der Waals surface area contributed by atoms with Crippen molar-refractivity contribution in [2.75, 3.05) is 7.11 Å². The lowest BCUT2D eigenvalue weighted by molar-refractivity contribution is 0.101. The van der Waals surface area contributed by atoms with Gasteiger partial charge in [0.15, 0.2) is 17.3 Å². The van der Waals surface area contributed by atoms with Crippen LogP contribution in [0, 0.1) is 0 Å². The number of benzene rings is 2. The molecule has 0 bridgehead atoms. The van der Waals surface area contributed by atoms with Crippen LogP contribution in [0.1, 0.15) is 23.0 Å². The monoisotopic (exact) mass is 373 g/mol. The highest BCUT2D eigenvalue weighted by Crippen LogP contribution is 2.30. The third kappa shape index (κ3) is 4.18. The molecule has 1 heterocycles. The summed E-state index contributed by atoms with van der Waals surface area (Å²) in [4.78, 5) is 16.0. The van der Waals surface area contributed by atoms with Crippen LogP contribution >= 0.6 is 22.9 Å². The minimum atomic E-state index is -0.0167. The Labute approximate surface area is 155 Å². The molecular formula is C19H16ClNO3S. The molecule has 0 radical (unpaired) electrons. The molecule has 0 spiro atoms. The summed E-state index contributed by atoms with van der Waals surface area (Å²) in [5, 5.41) is 3.57. The summed E-state index contributed by atoms with van der Waals surface area (Å²) in [6, 6.07) is 12.7. The maximum Gasteiger partial charge on any atom is 0.161 e. The fourth-order valence-corrected chi connectivity index (χ4v) is 3.19. The predicted molar refractivity (Wildman–Crippen MR) is 99.9 cm³/mol. The molecular weight excluding hydrogens is 358 g/mol. The number of ketones is 1. The van der Waals surface area contributed by atoms with Crippen molar-refractivity contribution in [1.29, 1.82) is 0 Å². The number of aromatic nitrogens is 1. The molecule has 0 aliphatic carbocycles. The molecule has 0 aliphatic rings. The lowest BCUT2D eigenvalue weighted by Crippen LogP contribution is -2.00. The number of thiazole rings is 1. The molecule has 0 saturated carbocycles. The molecule has 0 saturated heterocycles. The topological polar surface area (TPSA) is 48.4 Å². The van der Waals surface area contributed by atoms with Gasteiger partial charge in [-0.1, -0.05) is 23.7 Å². The van der Waals surface area contributed by atoms with Crippen LogP contribution < -0.4 is 9.47 Å². The van der Waals surface area contributed by atoms with E-state index in [0.717, 1.165) is 16.3 Å². The summed E-state index contributed by atoms with van der Waals surface area (Å²) >= 11 is 7.46. The van der Waals surface area contributed by atoms with Crippen LogP contribution in [-0.2, 0) is 6.61 Å². The molecule has 25 heavy (non-hydrogen) atoms. The summed E-state index contributed by atoms with van der Waals surface area (Å²) in [5.74, 6) is 1.09. The van der Waals surface area contributed by atoms with Gasteiger partial charge in [0.1, 0.15) is 11.6 Å². The van der Waals surface area contributed by atoms with E-state index in [1.807, 2.05) is 29.6 Å². The number of hydrogen-bond acceptors (Lipinski definition) is 5. The van der Waals surface area contributed by atoms with E-state index in [1.54, 1.807) is 36.6 Å². The molecule has 1 aromatic heterocycles.